The molecule has 0 amide bonds. The lowest BCUT2D eigenvalue weighted by Crippen LogP contribution is -1.76. The maximum atomic E-state index is 5.09. The topological polar surface area (TPSA) is 35.0 Å². The lowest BCUT2D eigenvalue weighted by molar-refractivity contribution is 0.417. The van der Waals surface area contributed by atoms with Crippen molar-refractivity contribution in [3.8, 4) is 15.6 Å². The second-order valence-electron chi connectivity index (χ2n) is 2.21. The second-order valence-corrected chi connectivity index (χ2v) is 5.85. The molecule has 0 N–H and O–H groups in total. The molecule has 13 heavy (non-hydrogen) atoms. The first kappa shape index (κ1) is 9.35. The highest BCUT2D eigenvalue weighted by Crippen LogP contribution is 2.32. The van der Waals surface area contributed by atoms with Crippen molar-refractivity contribution in [1.29, 1.82) is 0 Å². The van der Waals surface area contributed by atoms with Crippen LogP contribution in [0.4, 0.5) is 0 Å². The van der Waals surface area contributed by atoms with Gasteiger partial charge in [0.15, 0.2) is 8.02 Å². The number of methoxy groups -OCH3 is 1. The fourth-order valence-electron chi connectivity index (χ4n) is 0.843. The summed E-state index contributed by atoms with van der Waals surface area (Å²) in [5.74, 6) is 0.880. The minimum Gasteiger partial charge on any atom is -0.496 e. The van der Waals surface area contributed by atoms with Crippen LogP contribution in [0, 0.1) is 3.01 Å². The quantitative estimate of drug-likeness (QED) is 0.797. The third-order valence-corrected chi connectivity index (χ3v) is 4.09. The summed E-state index contributed by atoms with van der Waals surface area (Å²) in [5, 5.41) is 10.9. The summed E-state index contributed by atoms with van der Waals surface area (Å²) < 4.78 is 6.05. The van der Waals surface area contributed by atoms with Gasteiger partial charge in [-0.15, -0.1) is 21.5 Å². The van der Waals surface area contributed by atoms with Crippen molar-refractivity contribution in [3.63, 3.8) is 0 Å². The Labute approximate surface area is 96.9 Å². The van der Waals surface area contributed by atoms with Crippen LogP contribution in [0.5, 0.6) is 5.75 Å². The zero-order valence-corrected chi connectivity index (χ0v) is 10.4. The van der Waals surface area contributed by atoms with E-state index in [0.29, 0.717) is 0 Å². The van der Waals surface area contributed by atoms with Crippen LogP contribution in [-0.4, -0.2) is 17.3 Å². The zero-order valence-electron chi connectivity index (χ0n) is 6.65. The summed E-state index contributed by atoms with van der Waals surface area (Å²) in [6, 6.07) is 1.97. The number of rotatable bonds is 2. The highest BCUT2D eigenvalue weighted by atomic mass is 127. The number of nitrogens with zero attached hydrogens (tertiary/aromatic N) is 2. The van der Waals surface area contributed by atoms with E-state index < -0.39 is 0 Å². The number of aromatic nitrogens is 2. The minimum absolute atomic E-state index is 0.880. The first-order chi connectivity index (χ1) is 6.29. The second kappa shape index (κ2) is 3.89. The maximum absolute atomic E-state index is 5.09. The summed E-state index contributed by atoms with van der Waals surface area (Å²) in [6.07, 6.45) is 0. The van der Waals surface area contributed by atoms with Gasteiger partial charge in [0.2, 0.25) is 0 Å². The average molecular weight is 324 g/mol. The van der Waals surface area contributed by atoms with E-state index in [1.807, 2.05) is 11.4 Å². The molecule has 2 aromatic rings. The van der Waals surface area contributed by atoms with Crippen molar-refractivity contribution in [2.45, 2.75) is 0 Å². The van der Waals surface area contributed by atoms with Crippen molar-refractivity contribution in [2.24, 2.45) is 0 Å². The van der Waals surface area contributed by atoms with Crippen LogP contribution >= 0.6 is 45.3 Å². The Morgan fingerprint density at radius 1 is 1.46 bits per heavy atom. The van der Waals surface area contributed by atoms with Crippen LogP contribution in [0.15, 0.2) is 11.4 Å². The van der Waals surface area contributed by atoms with Crippen LogP contribution in [-0.2, 0) is 0 Å². The Balaban J connectivity index is 2.35. The summed E-state index contributed by atoms with van der Waals surface area (Å²) in [4.78, 5) is 1.11. The summed E-state index contributed by atoms with van der Waals surface area (Å²) in [5.41, 5.74) is 0. The van der Waals surface area contributed by atoms with Gasteiger partial charge >= 0.3 is 0 Å². The van der Waals surface area contributed by atoms with Crippen LogP contribution in [0.2, 0.25) is 0 Å². The van der Waals surface area contributed by atoms with Crippen LogP contribution < -0.4 is 4.74 Å². The smallest absolute Gasteiger partial charge is 0.178 e. The Hall–Kier alpha value is -0.210. The number of ether oxygens (including phenoxy) is 1. The van der Waals surface area contributed by atoms with Crippen molar-refractivity contribution in [2.75, 3.05) is 7.11 Å². The van der Waals surface area contributed by atoms with Gasteiger partial charge in [0.25, 0.3) is 0 Å². The molecule has 0 saturated carbocycles. The molecule has 0 atom stereocenters. The Kier molecular flexibility index (Phi) is 2.80. The van der Waals surface area contributed by atoms with Crippen molar-refractivity contribution in [3.05, 3.63) is 14.5 Å². The molecule has 0 spiro atoms. The number of hydrogen-bond acceptors (Lipinski definition) is 5. The fourth-order valence-corrected chi connectivity index (χ4v) is 3.06. The third kappa shape index (κ3) is 2.00. The van der Waals surface area contributed by atoms with Gasteiger partial charge in [-0.05, 0) is 22.6 Å². The molecule has 0 aromatic carbocycles. The van der Waals surface area contributed by atoms with E-state index in [1.54, 1.807) is 29.8 Å². The number of hydrogen-bond donors (Lipinski definition) is 0. The summed E-state index contributed by atoms with van der Waals surface area (Å²) in [7, 11) is 1.66. The molecular formula is C7H5IN2OS2. The van der Waals surface area contributed by atoms with Crippen LogP contribution in [0.3, 0.4) is 0 Å². The molecule has 0 bridgehead atoms. The van der Waals surface area contributed by atoms with Crippen molar-refractivity contribution in [1.82, 2.24) is 10.2 Å². The van der Waals surface area contributed by atoms with E-state index in [9.17, 15) is 0 Å². The first-order valence-electron chi connectivity index (χ1n) is 3.41. The van der Waals surface area contributed by atoms with Gasteiger partial charge in [-0.1, -0.05) is 11.3 Å². The monoisotopic (exact) mass is 324 g/mol. The molecular weight excluding hydrogens is 319 g/mol. The van der Waals surface area contributed by atoms with E-state index in [2.05, 4.69) is 32.8 Å². The van der Waals surface area contributed by atoms with Crippen molar-refractivity contribution < 1.29 is 4.74 Å². The van der Waals surface area contributed by atoms with Crippen LogP contribution in [0.1, 0.15) is 0 Å². The molecule has 0 aliphatic rings. The molecule has 3 nitrogen and oxygen atoms in total. The van der Waals surface area contributed by atoms with E-state index >= 15 is 0 Å². The predicted octanol–water partition coefficient (Wildman–Crippen LogP) is 2.88. The van der Waals surface area contributed by atoms with E-state index in [4.69, 9.17) is 4.74 Å². The van der Waals surface area contributed by atoms with E-state index in [0.717, 1.165) is 18.6 Å². The lowest BCUT2D eigenvalue weighted by atomic mass is 10.5. The highest BCUT2D eigenvalue weighted by molar-refractivity contribution is 14.1. The SMILES string of the molecule is COc1csc(-c2nnc(I)s2)c1. The molecule has 0 aliphatic carbocycles. The molecule has 0 fully saturated rings. The fraction of sp³-hybridized carbons (Fsp3) is 0.143. The predicted molar refractivity (Wildman–Crippen MR) is 62.5 cm³/mol. The normalized spacial score (nSPS) is 10.3. The average Bonchev–Trinajstić information content (AvgIpc) is 2.71. The number of halogens is 1. The molecule has 0 saturated heterocycles. The van der Waals surface area contributed by atoms with Gasteiger partial charge in [-0.25, -0.2) is 0 Å². The molecule has 2 aromatic heterocycles. The van der Waals surface area contributed by atoms with E-state index in [1.165, 1.54) is 0 Å². The minimum atomic E-state index is 0.880. The summed E-state index contributed by atoms with van der Waals surface area (Å²) >= 11 is 5.37. The Morgan fingerprint density at radius 3 is 2.85 bits per heavy atom. The standard InChI is InChI=1S/C7H5IN2OS2/c1-11-4-2-5(12-3-4)6-9-10-7(8)13-6/h2-3H,1H3. The van der Waals surface area contributed by atoms with Crippen molar-refractivity contribution >= 4 is 45.3 Å². The lowest BCUT2D eigenvalue weighted by Gasteiger charge is -1.88. The van der Waals surface area contributed by atoms with E-state index in [-0.39, 0.29) is 0 Å². The molecule has 0 aliphatic heterocycles. The molecule has 6 heteroatoms. The molecule has 0 unspecified atom stereocenters. The maximum Gasteiger partial charge on any atom is 0.178 e. The van der Waals surface area contributed by atoms with Gasteiger partial charge in [-0.3, -0.25) is 0 Å². The number of thiophene rings is 1. The third-order valence-electron chi connectivity index (χ3n) is 1.42. The largest absolute Gasteiger partial charge is 0.496 e. The van der Waals surface area contributed by atoms with Gasteiger partial charge in [-0.2, -0.15) is 0 Å². The Morgan fingerprint density at radius 2 is 2.31 bits per heavy atom. The summed E-state index contributed by atoms with van der Waals surface area (Å²) in [6.45, 7) is 0. The highest BCUT2D eigenvalue weighted by Gasteiger charge is 2.07. The molecule has 2 rings (SSSR count). The zero-order chi connectivity index (χ0) is 9.26. The van der Waals surface area contributed by atoms with Gasteiger partial charge in [0, 0.05) is 11.4 Å². The Bertz CT molecular complexity index is 412. The van der Waals surface area contributed by atoms with Gasteiger partial charge < -0.3 is 4.74 Å². The first-order valence-corrected chi connectivity index (χ1v) is 6.19. The molecule has 0 radical (unpaired) electrons. The van der Waals surface area contributed by atoms with Gasteiger partial charge in [0.1, 0.15) is 5.75 Å². The van der Waals surface area contributed by atoms with Crippen LogP contribution in [0.25, 0.3) is 9.88 Å². The molecule has 2 heterocycles. The molecule has 68 valence electrons. The van der Waals surface area contributed by atoms with Gasteiger partial charge in [0.05, 0.1) is 12.0 Å².